The second-order valence-corrected chi connectivity index (χ2v) is 6.70. The Kier molecular flexibility index (Phi) is 4.99. The molecule has 0 unspecified atom stereocenters. The molecule has 0 spiro atoms. The first-order valence-corrected chi connectivity index (χ1v) is 8.46. The molecular weight excluding hydrogens is 296 g/mol. The van der Waals surface area contributed by atoms with Crippen molar-refractivity contribution in [3.8, 4) is 5.75 Å². The van der Waals surface area contributed by atoms with E-state index in [4.69, 9.17) is 0 Å². The SMILES string of the molecule is CC(C)Cc1c(Cc2ccccc2)ncn1Cc1cccc(O)c1. The molecule has 0 aliphatic carbocycles. The molecule has 3 aromatic rings. The largest absolute Gasteiger partial charge is 0.508 e. The Morgan fingerprint density at radius 2 is 1.75 bits per heavy atom. The van der Waals surface area contributed by atoms with Crippen LogP contribution in [-0.4, -0.2) is 14.7 Å². The fourth-order valence-corrected chi connectivity index (χ4v) is 3.00. The van der Waals surface area contributed by atoms with Crippen molar-refractivity contribution >= 4 is 0 Å². The van der Waals surface area contributed by atoms with Gasteiger partial charge in [0, 0.05) is 18.7 Å². The highest BCUT2D eigenvalue weighted by Gasteiger charge is 2.13. The minimum atomic E-state index is 0.308. The molecule has 1 N–H and O–H groups in total. The Bertz CT molecular complexity index is 791. The molecule has 0 fully saturated rings. The topological polar surface area (TPSA) is 38.0 Å². The zero-order valence-electron chi connectivity index (χ0n) is 14.3. The number of benzene rings is 2. The summed E-state index contributed by atoms with van der Waals surface area (Å²) in [5.41, 5.74) is 4.81. The van der Waals surface area contributed by atoms with Crippen LogP contribution >= 0.6 is 0 Å². The second-order valence-electron chi connectivity index (χ2n) is 6.70. The molecule has 0 radical (unpaired) electrons. The molecule has 24 heavy (non-hydrogen) atoms. The van der Waals surface area contributed by atoms with Gasteiger partial charge in [-0.3, -0.25) is 0 Å². The van der Waals surface area contributed by atoms with E-state index < -0.39 is 0 Å². The number of aromatic nitrogens is 2. The zero-order chi connectivity index (χ0) is 16.9. The summed E-state index contributed by atoms with van der Waals surface area (Å²) in [4.78, 5) is 4.68. The predicted molar refractivity (Wildman–Crippen MR) is 97.2 cm³/mol. The first-order valence-electron chi connectivity index (χ1n) is 8.46. The molecular formula is C21H24N2O. The van der Waals surface area contributed by atoms with Gasteiger partial charge in [0.2, 0.25) is 0 Å². The van der Waals surface area contributed by atoms with Gasteiger partial charge in [-0.25, -0.2) is 4.98 Å². The van der Waals surface area contributed by atoms with E-state index in [0.717, 1.165) is 30.6 Å². The molecule has 0 amide bonds. The molecule has 3 rings (SSSR count). The van der Waals surface area contributed by atoms with Gasteiger partial charge in [0.25, 0.3) is 0 Å². The number of hydrogen-bond donors (Lipinski definition) is 1. The third-order valence-corrected chi connectivity index (χ3v) is 4.11. The highest BCUT2D eigenvalue weighted by atomic mass is 16.3. The van der Waals surface area contributed by atoms with E-state index >= 15 is 0 Å². The highest BCUT2D eigenvalue weighted by molar-refractivity contribution is 5.29. The molecule has 0 aliphatic heterocycles. The van der Waals surface area contributed by atoms with Crippen molar-refractivity contribution in [2.45, 2.75) is 33.2 Å². The van der Waals surface area contributed by atoms with Gasteiger partial charge in [-0.1, -0.05) is 56.3 Å². The van der Waals surface area contributed by atoms with E-state index in [1.54, 1.807) is 6.07 Å². The second kappa shape index (κ2) is 7.35. The van der Waals surface area contributed by atoms with Crippen molar-refractivity contribution in [1.29, 1.82) is 0 Å². The summed E-state index contributed by atoms with van der Waals surface area (Å²) in [6.45, 7) is 5.20. The number of hydrogen-bond acceptors (Lipinski definition) is 2. The summed E-state index contributed by atoms with van der Waals surface area (Å²) in [7, 11) is 0. The van der Waals surface area contributed by atoms with Crippen LogP contribution in [0.2, 0.25) is 0 Å². The number of rotatable bonds is 6. The molecule has 0 bridgehead atoms. The Labute approximate surface area is 143 Å². The Morgan fingerprint density at radius 3 is 2.46 bits per heavy atom. The van der Waals surface area contributed by atoms with E-state index in [2.05, 4.69) is 47.7 Å². The van der Waals surface area contributed by atoms with Gasteiger partial charge in [0.15, 0.2) is 0 Å². The van der Waals surface area contributed by atoms with Crippen LogP contribution in [0.25, 0.3) is 0 Å². The average molecular weight is 320 g/mol. The van der Waals surface area contributed by atoms with Gasteiger partial charge in [-0.05, 0) is 35.6 Å². The lowest BCUT2D eigenvalue weighted by Crippen LogP contribution is -2.08. The lowest BCUT2D eigenvalue weighted by Gasteiger charge is -2.13. The van der Waals surface area contributed by atoms with Crippen LogP contribution in [0, 0.1) is 5.92 Å². The van der Waals surface area contributed by atoms with Crippen molar-refractivity contribution in [1.82, 2.24) is 9.55 Å². The molecule has 0 saturated carbocycles. The molecule has 3 heteroatoms. The summed E-state index contributed by atoms with van der Waals surface area (Å²) in [6.07, 6.45) is 3.79. The van der Waals surface area contributed by atoms with Crippen molar-refractivity contribution in [3.05, 3.63) is 83.4 Å². The molecule has 124 valence electrons. The molecule has 1 aromatic heterocycles. The summed E-state index contributed by atoms with van der Waals surface area (Å²) in [5.74, 6) is 0.877. The third kappa shape index (κ3) is 4.05. The van der Waals surface area contributed by atoms with Crippen LogP contribution < -0.4 is 0 Å². The number of nitrogens with zero attached hydrogens (tertiary/aromatic N) is 2. The first kappa shape index (κ1) is 16.3. The van der Waals surface area contributed by atoms with E-state index in [1.807, 2.05) is 30.6 Å². The lowest BCUT2D eigenvalue weighted by atomic mass is 10.0. The van der Waals surface area contributed by atoms with E-state index in [-0.39, 0.29) is 0 Å². The summed E-state index contributed by atoms with van der Waals surface area (Å²) >= 11 is 0. The van der Waals surface area contributed by atoms with E-state index in [9.17, 15) is 5.11 Å². The fraction of sp³-hybridized carbons (Fsp3) is 0.286. The summed E-state index contributed by atoms with van der Waals surface area (Å²) in [5, 5.41) is 9.68. The van der Waals surface area contributed by atoms with Crippen molar-refractivity contribution in [3.63, 3.8) is 0 Å². The third-order valence-electron chi connectivity index (χ3n) is 4.11. The molecule has 0 atom stereocenters. The van der Waals surface area contributed by atoms with Gasteiger partial charge < -0.3 is 9.67 Å². The minimum Gasteiger partial charge on any atom is -0.508 e. The molecule has 0 saturated heterocycles. The molecule has 3 nitrogen and oxygen atoms in total. The smallest absolute Gasteiger partial charge is 0.115 e. The van der Waals surface area contributed by atoms with Gasteiger partial charge in [0.05, 0.1) is 12.0 Å². The Morgan fingerprint density at radius 1 is 1.00 bits per heavy atom. The molecule has 1 heterocycles. The van der Waals surface area contributed by atoms with Crippen molar-refractivity contribution in [2.24, 2.45) is 5.92 Å². The standard InChI is InChI=1S/C21H24N2O/c1-16(2)11-21-20(13-17-7-4-3-5-8-17)22-15-23(21)14-18-9-6-10-19(24)12-18/h3-10,12,15-16,24H,11,13-14H2,1-2H3. The predicted octanol–water partition coefficient (Wildman–Crippen LogP) is 4.43. The van der Waals surface area contributed by atoms with Crippen LogP contribution in [0.4, 0.5) is 0 Å². The van der Waals surface area contributed by atoms with Crippen LogP contribution in [-0.2, 0) is 19.4 Å². The number of phenolic OH excluding ortho intramolecular Hbond substituents is 1. The monoisotopic (exact) mass is 320 g/mol. The minimum absolute atomic E-state index is 0.308. The fourth-order valence-electron chi connectivity index (χ4n) is 3.00. The number of phenols is 1. The molecule has 0 aliphatic rings. The Balaban J connectivity index is 1.88. The number of imidazole rings is 1. The van der Waals surface area contributed by atoms with E-state index in [0.29, 0.717) is 11.7 Å². The van der Waals surface area contributed by atoms with Gasteiger partial charge in [-0.15, -0.1) is 0 Å². The number of aromatic hydroxyl groups is 1. The van der Waals surface area contributed by atoms with E-state index in [1.165, 1.54) is 11.3 Å². The average Bonchev–Trinajstić information content (AvgIpc) is 2.90. The summed E-state index contributed by atoms with van der Waals surface area (Å²) < 4.78 is 2.22. The van der Waals surface area contributed by atoms with Gasteiger partial charge in [0.1, 0.15) is 5.75 Å². The lowest BCUT2D eigenvalue weighted by molar-refractivity contribution is 0.474. The highest BCUT2D eigenvalue weighted by Crippen LogP contribution is 2.19. The Hall–Kier alpha value is -2.55. The first-order chi connectivity index (χ1) is 11.6. The summed E-state index contributed by atoms with van der Waals surface area (Å²) in [6, 6.07) is 17.9. The zero-order valence-corrected chi connectivity index (χ0v) is 14.3. The van der Waals surface area contributed by atoms with Crippen LogP contribution in [0.3, 0.4) is 0 Å². The van der Waals surface area contributed by atoms with Crippen LogP contribution in [0.1, 0.15) is 36.4 Å². The maximum atomic E-state index is 9.68. The molecule has 2 aromatic carbocycles. The van der Waals surface area contributed by atoms with Crippen molar-refractivity contribution in [2.75, 3.05) is 0 Å². The maximum absolute atomic E-state index is 9.68. The maximum Gasteiger partial charge on any atom is 0.115 e. The van der Waals surface area contributed by atoms with Crippen LogP contribution in [0.15, 0.2) is 60.9 Å². The van der Waals surface area contributed by atoms with Gasteiger partial charge in [-0.2, -0.15) is 0 Å². The van der Waals surface area contributed by atoms with Crippen molar-refractivity contribution < 1.29 is 5.11 Å². The van der Waals surface area contributed by atoms with Crippen LogP contribution in [0.5, 0.6) is 5.75 Å². The normalized spacial score (nSPS) is 11.1. The quantitative estimate of drug-likeness (QED) is 0.730. The van der Waals surface area contributed by atoms with Gasteiger partial charge >= 0.3 is 0 Å².